The van der Waals surface area contributed by atoms with Crippen LogP contribution >= 0.6 is 27.5 Å². The van der Waals surface area contributed by atoms with Crippen LogP contribution in [0.1, 0.15) is 80.3 Å². The fourth-order valence-electron chi connectivity index (χ4n) is 6.63. The highest BCUT2D eigenvalue weighted by molar-refractivity contribution is 9.10. The van der Waals surface area contributed by atoms with Gasteiger partial charge in [-0.2, -0.15) is 10.2 Å². The molecule has 2 aromatic carbocycles. The van der Waals surface area contributed by atoms with Crippen molar-refractivity contribution >= 4 is 50.6 Å². The summed E-state index contributed by atoms with van der Waals surface area (Å²) in [4.78, 5) is 38.2. The van der Waals surface area contributed by atoms with E-state index in [2.05, 4.69) is 100 Å². The maximum atomic E-state index is 13.0. The lowest BCUT2D eigenvalue weighted by molar-refractivity contribution is 0.0663. The number of rotatable bonds is 2. The minimum absolute atomic E-state index is 0.0301. The fraction of sp³-hybridized carbons (Fsp3) is 0.278. The Morgan fingerprint density at radius 1 is 0.729 bits per heavy atom. The van der Waals surface area contributed by atoms with Crippen LogP contribution in [-0.4, -0.2) is 63.9 Å². The molecular formula is C36H34BrClN8O2. The topological polar surface area (TPSA) is 101 Å². The zero-order valence-electron chi connectivity index (χ0n) is 27.1. The van der Waals surface area contributed by atoms with Crippen molar-refractivity contribution in [1.29, 1.82) is 0 Å². The highest BCUT2D eigenvalue weighted by Gasteiger charge is 2.31. The highest BCUT2D eigenvalue weighted by atomic mass is 79.9. The summed E-state index contributed by atoms with van der Waals surface area (Å²) in [6.45, 7) is 9.71. The minimum atomic E-state index is -0.0729. The van der Waals surface area contributed by atoms with Gasteiger partial charge in [0.2, 0.25) is 0 Å². The van der Waals surface area contributed by atoms with Crippen LogP contribution in [0.2, 0.25) is 5.02 Å². The second-order valence-electron chi connectivity index (χ2n) is 12.5. The average Bonchev–Trinajstić information content (AvgIpc) is 3.69. The van der Waals surface area contributed by atoms with Crippen LogP contribution in [-0.2, 0) is 12.8 Å². The van der Waals surface area contributed by atoms with Crippen LogP contribution in [0.3, 0.4) is 0 Å². The Morgan fingerprint density at radius 2 is 1.21 bits per heavy atom. The first-order valence-electron chi connectivity index (χ1n) is 15.9. The van der Waals surface area contributed by atoms with Crippen LogP contribution in [0.4, 0.5) is 0 Å². The van der Waals surface area contributed by atoms with Gasteiger partial charge in [0.05, 0.1) is 27.8 Å². The zero-order chi connectivity index (χ0) is 33.7. The van der Waals surface area contributed by atoms with Crippen LogP contribution in [0.25, 0.3) is 11.3 Å². The summed E-state index contributed by atoms with van der Waals surface area (Å²) in [5, 5.41) is 9.21. The standard InChI is InChI=1S/C18H17BrN4O.C18H17ClN4O/c2*1-11-3-4-13-5-6-22(12(2)15(13)7-11)18(24)16-8-17-20-9-14(19)10-23(17)21-16/h2*3-4,7-10,12H,5-6H2,1-2H3. The third-order valence-electron chi connectivity index (χ3n) is 9.21. The van der Waals surface area contributed by atoms with Gasteiger partial charge in [0.25, 0.3) is 11.8 Å². The minimum Gasteiger partial charge on any atom is -0.330 e. The number of carbonyl (C=O) groups excluding carboxylic acids is 2. The quantitative estimate of drug-likeness (QED) is 0.191. The first-order valence-corrected chi connectivity index (χ1v) is 17.1. The van der Waals surface area contributed by atoms with Crippen LogP contribution in [0.15, 0.2) is 77.8 Å². The Morgan fingerprint density at radius 3 is 1.73 bits per heavy atom. The summed E-state index contributed by atoms with van der Waals surface area (Å²) in [7, 11) is 0. The molecule has 0 N–H and O–H groups in total. The SMILES string of the molecule is Cc1ccc2c(c1)C(C)N(C(=O)c1cc3ncc(Br)cn3n1)CC2.Cc1ccc2c(c1)C(C)N(C(=O)c1cc3ncc(Cl)cn3n1)CC2. The monoisotopic (exact) mass is 724 g/mol. The van der Waals surface area contributed by atoms with E-state index in [9.17, 15) is 9.59 Å². The second kappa shape index (κ2) is 12.8. The number of hydrogen-bond acceptors (Lipinski definition) is 6. The number of carbonyl (C=O) groups is 2. The van der Waals surface area contributed by atoms with Crippen LogP contribution < -0.4 is 0 Å². The molecule has 12 heteroatoms. The normalized spacial score (nSPS) is 17.1. The number of aromatic nitrogens is 6. The van der Waals surface area contributed by atoms with Gasteiger partial charge in [-0.1, -0.05) is 59.1 Å². The molecule has 0 fully saturated rings. The predicted octanol–water partition coefficient (Wildman–Crippen LogP) is 7.01. The lowest BCUT2D eigenvalue weighted by Gasteiger charge is -2.35. The Kier molecular flexibility index (Phi) is 8.51. The first kappa shape index (κ1) is 32.0. The molecule has 10 nitrogen and oxygen atoms in total. The second-order valence-corrected chi connectivity index (χ2v) is 13.8. The maximum absolute atomic E-state index is 13.0. The molecule has 0 radical (unpaired) electrons. The van der Waals surface area contributed by atoms with E-state index in [4.69, 9.17) is 11.6 Å². The van der Waals surface area contributed by atoms with Gasteiger partial charge in [0, 0.05) is 43.8 Å². The maximum Gasteiger partial charge on any atom is 0.274 e. The summed E-state index contributed by atoms with van der Waals surface area (Å²) in [6, 6.07) is 16.5. The Labute approximate surface area is 291 Å². The average molecular weight is 726 g/mol. The largest absolute Gasteiger partial charge is 0.330 e. The molecule has 2 aliphatic rings. The highest BCUT2D eigenvalue weighted by Crippen LogP contribution is 2.32. The van der Waals surface area contributed by atoms with Gasteiger partial charge >= 0.3 is 0 Å². The fourth-order valence-corrected chi connectivity index (χ4v) is 7.07. The lowest BCUT2D eigenvalue weighted by atomic mass is 9.92. The molecule has 0 bridgehead atoms. The molecule has 2 aliphatic heterocycles. The Hall–Kier alpha value is -4.61. The van der Waals surface area contributed by atoms with Crippen molar-refractivity contribution in [3.63, 3.8) is 0 Å². The van der Waals surface area contributed by atoms with Crippen molar-refractivity contribution in [1.82, 2.24) is 39.0 Å². The van der Waals surface area contributed by atoms with Crippen molar-refractivity contribution in [2.75, 3.05) is 13.1 Å². The van der Waals surface area contributed by atoms with Crippen LogP contribution in [0.5, 0.6) is 0 Å². The molecule has 2 atom stereocenters. The van der Waals surface area contributed by atoms with E-state index in [1.165, 1.54) is 33.4 Å². The van der Waals surface area contributed by atoms with E-state index in [-0.39, 0.29) is 23.9 Å². The number of benzene rings is 2. The van der Waals surface area contributed by atoms with Crippen molar-refractivity contribution < 1.29 is 9.59 Å². The molecule has 0 saturated carbocycles. The summed E-state index contributed by atoms with van der Waals surface area (Å²) in [5.41, 5.74) is 9.65. The number of aryl methyl sites for hydroxylation is 2. The molecule has 0 saturated heterocycles. The van der Waals surface area contributed by atoms with Gasteiger partial charge in [-0.15, -0.1) is 0 Å². The van der Waals surface area contributed by atoms with Gasteiger partial charge in [-0.25, -0.2) is 19.0 Å². The van der Waals surface area contributed by atoms with Gasteiger partial charge in [-0.3, -0.25) is 9.59 Å². The van der Waals surface area contributed by atoms with E-state index in [0.717, 1.165) is 17.3 Å². The molecule has 0 aliphatic carbocycles. The van der Waals surface area contributed by atoms with Gasteiger partial charge in [-0.05, 0) is 78.7 Å². The van der Waals surface area contributed by atoms with Crippen molar-refractivity contribution in [2.45, 2.75) is 52.6 Å². The van der Waals surface area contributed by atoms with Crippen molar-refractivity contribution in [3.05, 3.63) is 128 Å². The number of halogens is 2. The van der Waals surface area contributed by atoms with E-state index in [0.29, 0.717) is 40.8 Å². The van der Waals surface area contributed by atoms with Crippen molar-refractivity contribution in [2.24, 2.45) is 0 Å². The molecule has 6 heterocycles. The molecule has 0 spiro atoms. The van der Waals surface area contributed by atoms with Gasteiger partial charge in [0.1, 0.15) is 0 Å². The third-order valence-corrected chi connectivity index (χ3v) is 9.81. The molecule has 2 amide bonds. The predicted molar refractivity (Wildman–Crippen MR) is 187 cm³/mol. The number of hydrogen-bond donors (Lipinski definition) is 0. The molecule has 244 valence electrons. The summed E-state index contributed by atoms with van der Waals surface area (Å²) in [5.74, 6) is -0.118. The smallest absolute Gasteiger partial charge is 0.274 e. The van der Waals surface area contributed by atoms with E-state index >= 15 is 0 Å². The number of fused-ring (bicyclic) bond motifs is 4. The molecule has 2 unspecified atom stereocenters. The third kappa shape index (κ3) is 6.08. The number of amides is 2. The van der Waals surface area contributed by atoms with Gasteiger partial charge < -0.3 is 9.80 Å². The van der Waals surface area contributed by atoms with Crippen LogP contribution in [0, 0.1) is 13.8 Å². The zero-order valence-corrected chi connectivity index (χ0v) is 29.4. The number of nitrogens with zero attached hydrogens (tertiary/aromatic N) is 8. The molecule has 8 rings (SSSR count). The van der Waals surface area contributed by atoms with Gasteiger partial charge in [0.15, 0.2) is 22.7 Å². The molecule has 4 aromatic heterocycles. The summed E-state index contributed by atoms with van der Waals surface area (Å²) >= 11 is 9.30. The first-order chi connectivity index (χ1) is 23.0. The molecular weight excluding hydrogens is 692 g/mol. The van der Waals surface area contributed by atoms with Crippen molar-refractivity contribution in [3.8, 4) is 0 Å². The Bertz CT molecular complexity index is 2060. The lowest BCUT2D eigenvalue weighted by Crippen LogP contribution is -2.39. The summed E-state index contributed by atoms with van der Waals surface area (Å²) < 4.78 is 4.00. The molecule has 48 heavy (non-hydrogen) atoms. The van der Waals surface area contributed by atoms with E-state index < -0.39 is 0 Å². The van der Waals surface area contributed by atoms with E-state index in [1.54, 1.807) is 46.0 Å². The molecule has 6 aromatic rings. The van der Waals surface area contributed by atoms with E-state index in [1.807, 2.05) is 9.80 Å². The summed E-state index contributed by atoms with van der Waals surface area (Å²) in [6.07, 6.45) is 8.45. The Balaban J connectivity index is 0.000000152.